The van der Waals surface area contributed by atoms with E-state index in [0.29, 0.717) is 12.8 Å². The number of nitrogens with zero attached hydrogens (tertiary/aromatic N) is 1. The fraction of sp³-hybridized carbons (Fsp3) is 0.727. The average molecular weight is 241 g/mol. The molecule has 1 aliphatic heterocycles. The maximum Gasteiger partial charge on any atom is 0.332 e. The van der Waals surface area contributed by atoms with Gasteiger partial charge < -0.3 is 10.5 Å². The van der Waals surface area contributed by atoms with Crippen LogP contribution in [0.25, 0.3) is 0 Å². The molecule has 0 aromatic heterocycles. The number of amides is 2. The highest BCUT2D eigenvalue weighted by atomic mass is 16.6. The van der Waals surface area contributed by atoms with E-state index in [2.05, 4.69) is 10.5 Å². The van der Waals surface area contributed by atoms with Crippen molar-refractivity contribution >= 4 is 17.7 Å². The number of primary amides is 1. The van der Waals surface area contributed by atoms with Crippen molar-refractivity contribution in [2.45, 2.75) is 45.6 Å². The summed E-state index contributed by atoms with van der Waals surface area (Å²) >= 11 is 0. The van der Waals surface area contributed by atoms with Crippen LogP contribution in [0.15, 0.2) is 5.10 Å². The summed E-state index contributed by atoms with van der Waals surface area (Å²) in [5.74, 6) is 0.0404. The van der Waals surface area contributed by atoms with Gasteiger partial charge in [-0.3, -0.25) is 4.79 Å². The van der Waals surface area contributed by atoms with Crippen LogP contribution in [-0.4, -0.2) is 23.3 Å². The standard InChI is InChI=1S/C11H19N3O3/c1-7(13-14-10(12)16)4-5-8-6-9(15)17-11(8,2)3/h8H,4-6H2,1-3H3,(H3,12,14,16)/b13-7-. The molecule has 1 unspecified atom stereocenters. The maximum absolute atomic E-state index is 11.2. The highest BCUT2D eigenvalue weighted by Gasteiger charge is 2.40. The Hall–Kier alpha value is -1.59. The summed E-state index contributed by atoms with van der Waals surface area (Å²) in [6, 6.07) is -0.677. The first-order chi connectivity index (χ1) is 7.81. The molecule has 1 rings (SSSR count). The summed E-state index contributed by atoms with van der Waals surface area (Å²) in [4.78, 5) is 21.7. The number of ether oxygens (including phenoxy) is 1. The van der Waals surface area contributed by atoms with Crippen molar-refractivity contribution < 1.29 is 14.3 Å². The van der Waals surface area contributed by atoms with Crippen molar-refractivity contribution in [3.8, 4) is 0 Å². The van der Waals surface area contributed by atoms with E-state index in [4.69, 9.17) is 10.5 Å². The molecule has 0 radical (unpaired) electrons. The van der Waals surface area contributed by atoms with Gasteiger partial charge in [0.2, 0.25) is 0 Å². The SMILES string of the molecule is C/C(CCC1CC(=O)OC1(C)C)=N/NC(N)=O. The molecule has 1 heterocycles. The monoisotopic (exact) mass is 241 g/mol. The predicted molar refractivity (Wildman–Crippen MR) is 63.3 cm³/mol. The number of hydrogen-bond acceptors (Lipinski definition) is 4. The van der Waals surface area contributed by atoms with E-state index in [1.807, 2.05) is 13.8 Å². The first kappa shape index (κ1) is 13.5. The Balaban J connectivity index is 2.43. The van der Waals surface area contributed by atoms with Crippen molar-refractivity contribution in [1.82, 2.24) is 5.43 Å². The van der Waals surface area contributed by atoms with E-state index >= 15 is 0 Å². The minimum atomic E-state index is -0.677. The van der Waals surface area contributed by atoms with Crippen LogP contribution in [0.5, 0.6) is 0 Å². The number of carbonyl (C=O) groups is 2. The number of esters is 1. The molecular formula is C11H19N3O3. The first-order valence-electron chi connectivity index (χ1n) is 5.61. The highest BCUT2D eigenvalue weighted by Crippen LogP contribution is 2.35. The largest absolute Gasteiger partial charge is 0.459 e. The molecular weight excluding hydrogens is 222 g/mol. The van der Waals surface area contributed by atoms with Crippen LogP contribution >= 0.6 is 0 Å². The van der Waals surface area contributed by atoms with E-state index < -0.39 is 11.6 Å². The molecule has 0 bridgehead atoms. The van der Waals surface area contributed by atoms with E-state index in [-0.39, 0.29) is 11.9 Å². The maximum atomic E-state index is 11.2. The van der Waals surface area contributed by atoms with E-state index in [1.165, 1.54) is 0 Å². The van der Waals surface area contributed by atoms with Gasteiger partial charge in [0.25, 0.3) is 0 Å². The topological polar surface area (TPSA) is 93.8 Å². The minimum absolute atomic E-state index is 0.148. The lowest BCUT2D eigenvalue weighted by molar-refractivity contribution is -0.146. The third-order valence-corrected chi connectivity index (χ3v) is 2.98. The molecule has 1 saturated heterocycles. The molecule has 3 N–H and O–H groups in total. The van der Waals surface area contributed by atoms with Gasteiger partial charge in [-0.2, -0.15) is 5.10 Å². The van der Waals surface area contributed by atoms with E-state index in [1.54, 1.807) is 6.92 Å². The van der Waals surface area contributed by atoms with E-state index in [0.717, 1.165) is 12.1 Å². The molecule has 2 amide bonds. The van der Waals surface area contributed by atoms with Gasteiger partial charge >= 0.3 is 12.0 Å². The van der Waals surface area contributed by atoms with Gasteiger partial charge in [-0.15, -0.1) is 0 Å². The Morgan fingerprint density at radius 2 is 2.29 bits per heavy atom. The normalized spacial score (nSPS) is 23.4. The zero-order chi connectivity index (χ0) is 13.1. The van der Waals surface area contributed by atoms with Crippen LogP contribution in [0.2, 0.25) is 0 Å². The van der Waals surface area contributed by atoms with Gasteiger partial charge in [-0.1, -0.05) is 0 Å². The molecule has 1 aliphatic rings. The average Bonchev–Trinajstić information content (AvgIpc) is 2.45. The van der Waals surface area contributed by atoms with Gasteiger partial charge in [0.1, 0.15) is 5.60 Å². The predicted octanol–water partition coefficient (Wildman–Crippen LogP) is 1.15. The third kappa shape index (κ3) is 4.05. The first-order valence-corrected chi connectivity index (χ1v) is 5.61. The molecule has 96 valence electrons. The lowest BCUT2D eigenvalue weighted by atomic mass is 9.86. The van der Waals surface area contributed by atoms with Crippen molar-refractivity contribution in [2.24, 2.45) is 16.8 Å². The van der Waals surface area contributed by atoms with Crippen molar-refractivity contribution in [2.75, 3.05) is 0 Å². The van der Waals surface area contributed by atoms with E-state index in [9.17, 15) is 9.59 Å². The molecule has 0 aromatic rings. The molecule has 0 aromatic carbocycles. The molecule has 1 atom stereocenters. The fourth-order valence-electron chi connectivity index (χ4n) is 1.90. The highest BCUT2D eigenvalue weighted by molar-refractivity contribution is 5.83. The number of nitrogens with one attached hydrogen (secondary N) is 1. The molecule has 6 nitrogen and oxygen atoms in total. The number of urea groups is 1. The van der Waals surface area contributed by atoms with Gasteiger partial charge in [-0.25, -0.2) is 10.2 Å². The van der Waals surface area contributed by atoms with Crippen LogP contribution in [0.3, 0.4) is 0 Å². The summed E-state index contributed by atoms with van der Waals surface area (Å²) in [5.41, 5.74) is 7.45. The Morgan fingerprint density at radius 3 is 2.76 bits per heavy atom. The van der Waals surface area contributed by atoms with Crippen molar-refractivity contribution in [1.29, 1.82) is 0 Å². The zero-order valence-corrected chi connectivity index (χ0v) is 10.4. The third-order valence-electron chi connectivity index (χ3n) is 2.98. The van der Waals surface area contributed by atoms with Gasteiger partial charge in [-0.05, 0) is 33.6 Å². The Kier molecular flexibility index (Phi) is 4.09. The van der Waals surface area contributed by atoms with Gasteiger partial charge in [0, 0.05) is 11.6 Å². The van der Waals surface area contributed by atoms with Crippen molar-refractivity contribution in [3.05, 3.63) is 0 Å². The Labute approximate surface area is 101 Å². The number of cyclic esters (lactones) is 1. The van der Waals surface area contributed by atoms with Gasteiger partial charge in [0.05, 0.1) is 6.42 Å². The fourth-order valence-corrected chi connectivity index (χ4v) is 1.90. The summed E-state index contributed by atoms with van der Waals surface area (Å²) in [5, 5.41) is 3.82. The number of carbonyl (C=O) groups excluding carboxylic acids is 2. The van der Waals surface area contributed by atoms with Crippen molar-refractivity contribution in [3.63, 3.8) is 0 Å². The molecule has 1 fully saturated rings. The second kappa shape index (κ2) is 5.16. The van der Waals surface area contributed by atoms with Crippen LogP contribution in [0, 0.1) is 5.92 Å². The molecule has 0 aliphatic carbocycles. The lowest BCUT2D eigenvalue weighted by Crippen LogP contribution is -2.28. The molecule has 0 saturated carbocycles. The smallest absolute Gasteiger partial charge is 0.332 e. The molecule has 6 heteroatoms. The summed E-state index contributed by atoms with van der Waals surface area (Å²) in [6.07, 6.45) is 1.95. The number of rotatable bonds is 4. The summed E-state index contributed by atoms with van der Waals surface area (Å²) in [6.45, 7) is 5.63. The summed E-state index contributed by atoms with van der Waals surface area (Å²) < 4.78 is 5.22. The number of hydrazone groups is 1. The van der Waals surface area contributed by atoms with Gasteiger partial charge in [0.15, 0.2) is 0 Å². The second-order valence-electron chi connectivity index (χ2n) is 4.84. The van der Waals surface area contributed by atoms with Crippen LogP contribution < -0.4 is 11.2 Å². The zero-order valence-electron chi connectivity index (χ0n) is 10.4. The Bertz CT molecular complexity index is 350. The van der Waals surface area contributed by atoms with Crippen LogP contribution in [0.4, 0.5) is 4.79 Å². The minimum Gasteiger partial charge on any atom is -0.459 e. The number of hydrogen-bond donors (Lipinski definition) is 2. The lowest BCUT2D eigenvalue weighted by Gasteiger charge is -2.24. The molecule has 0 spiro atoms. The summed E-state index contributed by atoms with van der Waals surface area (Å²) in [7, 11) is 0. The quantitative estimate of drug-likeness (QED) is 0.439. The Morgan fingerprint density at radius 1 is 1.65 bits per heavy atom. The second-order valence-corrected chi connectivity index (χ2v) is 4.84. The number of nitrogens with two attached hydrogens (primary N) is 1. The molecule has 17 heavy (non-hydrogen) atoms. The van der Waals surface area contributed by atoms with Crippen LogP contribution in [0.1, 0.15) is 40.0 Å². The van der Waals surface area contributed by atoms with Crippen LogP contribution in [-0.2, 0) is 9.53 Å².